The molecule has 5 heteroatoms. The van der Waals surface area contributed by atoms with E-state index in [1.54, 1.807) is 11.3 Å². The molecule has 164 valence electrons. The molecule has 0 spiro atoms. The quantitative estimate of drug-likeness (QED) is 0.289. The van der Waals surface area contributed by atoms with Crippen molar-refractivity contribution in [3.8, 4) is 0 Å². The molecule has 0 bridgehead atoms. The van der Waals surface area contributed by atoms with Crippen molar-refractivity contribution in [1.82, 2.24) is 15.2 Å². The standard InChI is InChI=1S/C28H26N4S/c1-20-19-29-28(33-20)16-12-22-9-6-10-23(17-22)32(2)24-13-14-25-26(30-31-27(25)18-24)15-11-21-7-4-3-5-8-21/h3-11,13-15,17-19H,12,16H2,1-2H3,(H,30,31)/b15-11+. The van der Waals surface area contributed by atoms with Crippen LogP contribution in [0.5, 0.6) is 0 Å². The summed E-state index contributed by atoms with van der Waals surface area (Å²) in [5, 5.41) is 10.0. The summed E-state index contributed by atoms with van der Waals surface area (Å²) in [6.07, 6.45) is 8.08. The Balaban J connectivity index is 1.33. The molecule has 0 atom stereocenters. The van der Waals surface area contributed by atoms with Gasteiger partial charge in [-0.1, -0.05) is 48.5 Å². The van der Waals surface area contributed by atoms with Crippen molar-refractivity contribution in [3.63, 3.8) is 0 Å². The molecule has 4 nitrogen and oxygen atoms in total. The second-order valence-corrected chi connectivity index (χ2v) is 9.50. The fourth-order valence-corrected chi connectivity index (χ4v) is 4.73. The smallest absolute Gasteiger partial charge is 0.0930 e. The van der Waals surface area contributed by atoms with Crippen LogP contribution in [0.3, 0.4) is 0 Å². The first-order valence-corrected chi connectivity index (χ1v) is 11.9. The van der Waals surface area contributed by atoms with Gasteiger partial charge in [0.2, 0.25) is 0 Å². The van der Waals surface area contributed by atoms with Crippen molar-refractivity contribution in [2.75, 3.05) is 11.9 Å². The summed E-state index contributed by atoms with van der Waals surface area (Å²) in [6, 6.07) is 25.5. The molecule has 5 rings (SSSR count). The Morgan fingerprint density at radius 3 is 2.58 bits per heavy atom. The zero-order valence-electron chi connectivity index (χ0n) is 18.8. The van der Waals surface area contributed by atoms with E-state index in [0.717, 1.165) is 40.7 Å². The number of H-pyrrole nitrogens is 1. The normalized spacial score (nSPS) is 11.5. The van der Waals surface area contributed by atoms with Crippen molar-refractivity contribution in [3.05, 3.63) is 106 Å². The molecular formula is C28H26N4S. The Morgan fingerprint density at radius 1 is 0.909 bits per heavy atom. The first kappa shape index (κ1) is 21.2. The minimum Gasteiger partial charge on any atom is -0.345 e. The van der Waals surface area contributed by atoms with Gasteiger partial charge in [0.25, 0.3) is 0 Å². The van der Waals surface area contributed by atoms with Crippen LogP contribution in [0.2, 0.25) is 0 Å². The molecule has 3 aromatic carbocycles. The van der Waals surface area contributed by atoms with E-state index < -0.39 is 0 Å². The minimum absolute atomic E-state index is 0.947. The van der Waals surface area contributed by atoms with E-state index in [1.807, 2.05) is 24.4 Å². The lowest BCUT2D eigenvalue weighted by Crippen LogP contribution is -2.09. The number of aromatic nitrogens is 3. The summed E-state index contributed by atoms with van der Waals surface area (Å²) in [5.41, 5.74) is 6.76. The molecule has 5 aromatic rings. The van der Waals surface area contributed by atoms with E-state index in [2.05, 4.69) is 101 Å². The van der Waals surface area contributed by atoms with Gasteiger partial charge in [0.05, 0.1) is 16.2 Å². The maximum atomic E-state index is 4.52. The number of aromatic amines is 1. The number of thiazole rings is 1. The van der Waals surface area contributed by atoms with Crippen LogP contribution in [0.4, 0.5) is 11.4 Å². The molecule has 0 saturated heterocycles. The highest BCUT2D eigenvalue weighted by Crippen LogP contribution is 2.29. The van der Waals surface area contributed by atoms with Crippen LogP contribution < -0.4 is 4.90 Å². The van der Waals surface area contributed by atoms with E-state index in [0.29, 0.717) is 0 Å². The predicted octanol–water partition coefficient (Wildman–Crippen LogP) is 7.05. The van der Waals surface area contributed by atoms with Gasteiger partial charge in [-0.2, -0.15) is 5.10 Å². The van der Waals surface area contributed by atoms with Gasteiger partial charge in [-0.05, 0) is 60.9 Å². The highest BCUT2D eigenvalue weighted by atomic mass is 32.1. The van der Waals surface area contributed by atoms with Gasteiger partial charge in [-0.15, -0.1) is 11.3 Å². The highest BCUT2D eigenvalue weighted by molar-refractivity contribution is 7.11. The van der Waals surface area contributed by atoms with Crippen LogP contribution in [-0.4, -0.2) is 22.2 Å². The van der Waals surface area contributed by atoms with Gasteiger partial charge in [0.15, 0.2) is 0 Å². The molecule has 0 saturated carbocycles. The van der Waals surface area contributed by atoms with Crippen molar-refractivity contribution < 1.29 is 0 Å². The summed E-state index contributed by atoms with van der Waals surface area (Å²) in [7, 11) is 2.11. The molecular weight excluding hydrogens is 424 g/mol. The lowest BCUT2D eigenvalue weighted by molar-refractivity contribution is 0.942. The number of rotatable bonds is 7. The number of fused-ring (bicyclic) bond motifs is 1. The predicted molar refractivity (Wildman–Crippen MR) is 140 cm³/mol. The minimum atomic E-state index is 0.947. The van der Waals surface area contributed by atoms with Crippen molar-refractivity contribution >= 4 is 45.8 Å². The Morgan fingerprint density at radius 2 is 1.76 bits per heavy atom. The average Bonchev–Trinajstić information content (AvgIpc) is 3.47. The monoisotopic (exact) mass is 450 g/mol. The third-order valence-electron chi connectivity index (χ3n) is 5.79. The van der Waals surface area contributed by atoms with Gasteiger partial charge < -0.3 is 4.90 Å². The second-order valence-electron chi connectivity index (χ2n) is 8.18. The van der Waals surface area contributed by atoms with Crippen LogP contribution >= 0.6 is 11.3 Å². The van der Waals surface area contributed by atoms with E-state index in [1.165, 1.54) is 21.1 Å². The summed E-state index contributed by atoms with van der Waals surface area (Å²) in [6.45, 7) is 2.11. The fourth-order valence-electron chi connectivity index (χ4n) is 3.94. The number of anilines is 2. The number of aryl methyl sites for hydroxylation is 3. The Bertz CT molecular complexity index is 1400. The molecule has 2 heterocycles. The fraction of sp³-hybridized carbons (Fsp3) is 0.143. The summed E-state index contributed by atoms with van der Waals surface area (Å²) in [4.78, 5) is 7.98. The summed E-state index contributed by atoms with van der Waals surface area (Å²) >= 11 is 1.78. The van der Waals surface area contributed by atoms with Crippen molar-refractivity contribution in [1.29, 1.82) is 0 Å². The lowest BCUT2D eigenvalue weighted by atomic mass is 10.1. The Labute approximate surface area is 198 Å². The number of benzene rings is 3. The third-order valence-corrected chi connectivity index (χ3v) is 6.76. The maximum absolute atomic E-state index is 4.52. The number of nitrogens with one attached hydrogen (secondary N) is 1. The zero-order valence-corrected chi connectivity index (χ0v) is 19.6. The van der Waals surface area contributed by atoms with Crippen LogP contribution in [0.1, 0.15) is 26.7 Å². The first-order chi connectivity index (χ1) is 16.2. The summed E-state index contributed by atoms with van der Waals surface area (Å²) in [5.74, 6) is 0. The Hall–Kier alpha value is -3.70. The molecule has 0 fully saturated rings. The summed E-state index contributed by atoms with van der Waals surface area (Å²) < 4.78 is 0. The van der Waals surface area contributed by atoms with Crippen LogP contribution in [0, 0.1) is 6.92 Å². The molecule has 33 heavy (non-hydrogen) atoms. The van der Waals surface area contributed by atoms with Gasteiger partial charge in [-0.3, -0.25) is 5.10 Å². The van der Waals surface area contributed by atoms with Crippen LogP contribution in [0.25, 0.3) is 23.1 Å². The van der Waals surface area contributed by atoms with E-state index >= 15 is 0 Å². The maximum Gasteiger partial charge on any atom is 0.0930 e. The molecule has 0 amide bonds. The zero-order chi connectivity index (χ0) is 22.6. The van der Waals surface area contributed by atoms with E-state index in [-0.39, 0.29) is 0 Å². The van der Waals surface area contributed by atoms with Crippen LogP contribution in [0.15, 0.2) is 79.0 Å². The number of hydrogen-bond donors (Lipinski definition) is 1. The topological polar surface area (TPSA) is 44.8 Å². The van der Waals surface area contributed by atoms with E-state index in [9.17, 15) is 0 Å². The number of nitrogens with zero attached hydrogens (tertiary/aromatic N) is 3. The van der Waals surface area contributed by atoms with E-state index in [4.69, 9.17) is 0 Å². The van der Waals surface area contributed by atoms with Gasteiger partial charge in [-0.25, -0.2) is 4.98 Å². The van der Waals surface area contributed by atoms with Gasteiger partial charge in [0, 0.05) is 41.3 Å². The molecule has 0 radical (unpaired) electrons. The average molecular weight is 451 g/mol. The lowest BCUT2D eigenvalue weighted by Gasteiger charge is -2.20. The molecule has 0 aliphatic carbocycles. The molecule has 2 aromatic heterocycles. The van der Waals surface area contributed by atoms with Crippen molar-refractivity contribution in [2.24, 2.45) is 0 Å². The second kappa shape index (κ2) is 9.43. The molecule has 0 aliphatic rings. The molecule has 0 unspecified atom stereocenters. The Kier molecular flexibility index (Phi) is 6.05. The highest BCUT2D eigenvalue weighted by Gasteiger charge is 2.09. The first-order valence-electron chi connectivity index (χ1n) is 11.1. The largest absolute Gasteiger partial charge is 0.345 e. The van der Waals surface area contributed by atoms with Gasteiger partial charge >= 0.3 is 0 Å². The third kappa shape index (κ3) is 4.89. The van der Waals surface area contributed by atoms with Crippen molar-refractivity contribution in [2.45, 2.75) is 19.8 Å². The van der Waals surface area contributed by atoms with Crippen LogP contribution in [-0.2, 0) is 12.8 Å². The SMILES string of the molecule is Cc1cnc(CCc2cccc(N(C)c3ccc4c(/C=C/c5ccccc5)n[nH]c4c3)c2)s1. The molecule has 1 N–H and O–H groups in total. The van der Waals surface area contributed by atoms with Gasteiger partial charge in [0.1, 0.15) is 0 Å². The molecule has 0 aliphatic heterocycles. The number of hydrogen-bond acceptors (Lipinski definition) is 4.